The molecule has 3 aromatic rings. The van der Waals surface area contributed by atoms with Crippen molar-refractivity contribution in [2.75, 3.05) is 42.5 Å². The highest BCUT2D eigenvalue weighted by molar-refractivity contribution is 6.30. The van der Waals surface area contributed by atoms with Gasteiger partial charge >= 0.3 is 6.09 Å². The molecule has 2 saturated heterocycles. The monoisotopic (exact) mass is 496 g/mol. The average Bonchev–Trinajstić information content (AvgIpc) is 3.46. The number of carbonyl (C=O) groups excluding carboxylic acids is 1. The highest BCUT2D eigenvalue weighted by Crippen LogP contribution is 2.38. The van der Waals surface area contributed by atoms with Crippen molar-refractivity contribution in [3.8, 4) is 5.69 Å². The van der Waals surface area contributed by atoms with Crippen LogP contribution in [0.15, 0.2) is 36.8 Å². The minimum atomic E-state index is -0.510. The lowest BCUT2D eigenvalue weighted by Crippen LogP contribution is -2.54. The fourth-order valence-electron chi connectivity index (χ4n) is 5.03. The molecule has 0 saturated carbocycles. The second-order valence-electron chi connectivity index (χ2n) is 10.4. The smallest absolute Gasteiger partial charge is 0.410 e. The number of aromatic nitrogens is 3. The van der Waals surface area contributed by atoms with Gasteiger partial charge in [-0.15, -0.1) is 0 Å². The lowest BCUT2D eigenvalue weighted by Gasteiger charge is -2.41. The summed E-state index contributed by atoms with van der Waals surface area (Å²) in [5, 5.41) is 1.74. The Morgan fingerprint density at radius 1 is 1.11 bits per heavy atom. The maximum Gasteiger partial charge on any atom is 0.410 e. The molecule has 4 heterocycles. The second kappa shape index (κ2) is 9.22. The summed E-state index contributed by atoms with van der Waals surface area (Å²) in [5.41, 5.74) is 2.47. The Balaban J connectivity index is 1.53. The number of carbonyl (C=O) groups is 1. The van der Waals surface area contributed by atoms with Crippen LogP contribution in [0.5, 0.6) is 0 Å². The largest absolute Gasteiger partial charge is 0.444 e. The fourth-order valence-corrected chi connectivity index (χ4v) is 5.21. The maximum absolute atomic E-state index is 12.7. The Bertz CT molecular complexity index is 1230. The van der Waals surface area contributed by atoms with Crippen LogP contribution in [-0.4, -0.2) is 69.9 Å². The fraction of sp³-hybridized carbons (Fsp3) is 0.500. The lowest BCUT2D eigenvalue weighted by molar-refractivity contribution is 0.0218. The molecule has 1 aromatic carbocycles. The number of anilines is 2. The Morgan fingerprint density at radius 3 is 2.57 bits per heavy atom. The van der Waals surface area contributed by atoms with Crippen molar-refractivity contribution >= 4 is 40.2 Å². The van der Waals surface area contributed by atoms with Gasteiger partial charge in [0.2, 0.25) is 0 Å². The molecule has 35 heavy (non-hydrogen) atoms. The maximum atomic E-state index is 12.7. The molecule has 8 nitrogen and oxygen atoms in total. The van der Waals surface area contributed by atoms with Gasteiger partial charge in [0, 0.05) is 55.7 Å². The molecule has 0 spiro atoms. The molecule has 0 N–H and O–H groups in total. The standard InChI is InChI=1S/C26H33ClN6O2/c1-18-15-31(25(34)35-26(2,3)4)12-13-32(18)23-22-21(30-10-5-6-11-30)16-33(24(22)29-17-28-23)20-9-7-8-19(27)14-20/h7-9,14,16-18H,5-6,10-13,15H2,1-4H3/t18-/m1/s1. The van der Waals surface area contributed by atoms with Crippen LogP contribution in [0.3, 0.4) is 0 Å². The second-order valence-corrected chi connectivity index (χ2v) is 10.9. The summed E-state index contributed by atoms with van der Waals surface area (Å²) in [6.45, 7) is 11.7. The van der Waals surface area contributed by atoms with E-state index < -0.39 is 5.60 Å². The van der Waals surface area contributed by atoms with Crippen molar-refractivity contribution in [2.45, 2.75) is 52.2 Å². The molecule has 2 aliphatic heterocycles. The first-order valence-corrected chi connectivity index (χ1v) is 12.7. The van der Waals surface area contributed by atoms with Gasteiger partial charge in [0.15, 0.2) is 5.65 Å². The van der Waals surface area contributed by atoms with Crippen LogP contribution in [0.1, 0.15) is 40.5 Å². The van der Waals surface area contributed by atoms with E-state index >= 15 is 0 Å². The zero-order chi connectivity index (χ0) is 24.7. The Kier molecular flexibility index (Phi) is 6.25. The molecule has 2 aromatic heterocycles. The normalized spacial score (nSPS) is 19.0. The molecule has 5 rings (SSSR count). The van der Waals surface area contributed by atoms with Crippen molar-refractivity contribution in [1.29, 1.82) is 0 Å². The molecule has 0 unspecified atom stereocenters. The molecule has 0 bridgehead atoms. The van der Waals surface area contributed by atoms with Gasteiger partial charge in [0.1, 0.15) is 17.7 Å². The molecular weight excluding hydrogens is 464 g/mol. The summed E-state index contributed by atoms with van der Waals surface area (Å²) in [7, 11) is 0. The summed E-state index contributed by atoms with van der Waals surface area (Å²) < 4.78 is 7.72. The predicted molar refractivity (Wildman–Crippen MR) is 140 cm³/mol. The minimum absolute atomic E-state index is 0.0790. The highest BCUT2D eigenvalue weighted by Gasteiger charge is 2.33. The summed E-state index contributed by atoms with van der Waals surface area (Å²) in [6, 6.07) is 7.92. The Hall–Kier alpha value is -3.00. The molecule has 186 valence electrons. The average molecular weight is 497 g/mol. The topological polar surface area (TPSA) is 66.7 Å². The van der Waals surface area contributed by atoms with Gasteiger partial charge in [-0.2, -0.15) is 0 Å². The van der Waals surface area contributed by atoms with Crippen molar-refractivity contribution in [1.82, 2.24) is 19.4 Å². The number of nitrogens with zero attached hydrogens (tertiary/aromatic N) is 6. The van der Waals surface area contributed by atoms with E-state index in [4.69, 9.17) is 26.3 Å². The number of benzene rings is 1. The van der Waals surface area contributed by atoms with Crippen LogP contribution in [0.4, 0.5) is 16.3 Å². The van der Waals surface area contributed by atoms with E-state index in [1.54, 1.807) is 11.2 Å². The molecular formula is C26H33ClN6O2. The van der Waals surface area contributed by atoms with Crippen molar-refractivity contribution in [3.05, 3.63) is 41.8 Å². The van der Waals surface area contributed by atoms with Gasteiger partial charge in [-0.05, 0) is 58.7 Å². The van der Waals surface area contributed by atoms with Crippen LogP contribution in [0, 0.1) is 0 Å². The number of hydrogen-bond donors (Lipinski definition) is 0. The highest BCUT2D eigenvalue weighted by atomic mass is 35.5. The van der Waals surface area contributed by atoms with E-state index in [-0.39, 0.29) is 12.1 Å². The first kappa shape index (κ1) is 23.7. The summed E-state index contributed by atoms with van der Waals surface area (Å²) in [6.07, 6.45) is 5.90. The zero-order valence-corrected chi connectivity index (χ0v) is 21.6. The molecule has 1 amide bonds. The van der Waals surface area contributed by atoms with Crippen molar-refractivity contribution < 1.29 is 9.53 Å². The molecule has 9 heteroatoms. The summed E-state index contributed by atoms with van der Waals surface area (Å²) in [5.74, 6) is 0.911. The lowest BCUT2D eigenvalue weighted by atomic mass is 10.1. The number of rotatable bonds is 3. The van der Waals surface area contributed by atoms with Gasteiger partial charge in [0.05, 0.1) is 11.1 Å². The van der Waals surface area contributed by atoms with Crippen LogP contribution < -0.4 is 9.80 Å². The van der Waals surface area contributed by atoms with E-state index in [0.29, 0.717) is 24.7 Å². The SMILES string of the molecule is C[C@@H]1CN(C(=O)OC(C)(C)C)CCN1c1ncnc2c1c(N1CCCC1)cn2-c1cccc(Cl)c1. The molecule has 0 radical (unpaired) electrons. The number of fused-ring (bicyclic) bond motifs is 1. The minimum Gasteiger partial charge on any atom is -0.444 e. The van der Waals surface area contributed by atoms with Crippen molar-refractivity contribution in [2.24, 2.45) is 0 Å². The summed E-state index contributed by atoms with van der Waals surface area (Å²) >= 11 is 6.32. The third-order valence-electron chi connectivity index (χ3n) is 6.63. The molecule has 0 aliphatic carbocycles. The third kappa shape index (κ3) is 4.76. The molecule has 2 fully saturated rings. The number of piperazine rings is 1. The first-order chi connectivity index (χ1) is 16.7. The molecule has 2 aliphatic rings. The van der Waals surface area contributed by atoms with Crippen LogP contribution >= 0.6 is 11.6 Å². The van der Waals surface area contributed by atoms with Gasteiger partial charge < -0.3 is 19.4 Å². The van der Waals surface area contributed by atoms with E-state index in [1.165, 1.54) is 12.8 Å². The first-order valence-electron chi connectivity index (χ1n) is 12.3. The quantitative estimate of drug-likeness (QED) is 0.501. The van der Waals surface area contributed by atoms with Crippen LogP contribution in [-0.2, 0) is 4.74 Å². The zero-order valence-electron chi connectivity index (χ0n) is 20.9. The van der Waals surface area contributed by atoms with E-state index in [2.05, 4.69) is 27.5 Å². The predicted octanol–water partition coefficient (Wildman–Crippen LogP) is 5.12. The van der Waals surface area contributed by atoms with Gasteiger partial charge in [0.25, 0.3) is 0 Å². The van der Waals surface area contributed by atoms with E-state index in [0.717, 1.165) is 41.3 Å². The number of halogens is 1. The summed E-state index contributed by atoms with van der Waals surface area (Å²) in [4.78, 5) is 28.7. The van der Waals surface area contributed by atoms with Crippen LogP contribution in [0.2, 0.25) is 5.02 Å². The van der Waals surface area contributed by atoms with Gasteiger partial charge in [-0.25, -0.2) is 14.8 Å². The Morgan fingerprint density at radius 2 is 1.89 bits per heavy atom. The number of amides is 1. The number of hydrogen-bond acceptors (Lipinski definition) is 6. The molecule has 1 atom stereocenters. The van der Waals surface area contributed by atoms with Gasteiger partial charge in [-0.3, -0.25) is 4.57 Å². The van der Waals surface area contributed by atoms with E-state index in [9.17, 15) is 4.79 Å². The van der Waals surface area contributed by atoms with Crippen molar-refractivity contribution in [3.63, 3.8) is 0 Å². The number of ether oxygens (including phenoxy) is 1. The van der Waals surface area contributed by atoms with Gasteiger partial charge in [-0.1, -0.05) is 17.7 Å². The van der Waals surface area contributed by atoms with Crippen LogP contribution in [0.25, 0.3) is 16.7 Å². The third-order valence-corrected chi connectivity index (χ3v) is 6.86. The van der Waals surface area contributed by atoms with E-state index in [1.807, 2.05) is 45.0 Å². The Labute approximate surface area is 211 Å².